The molecule has 4 aliphatic rings. The Morgan fingerprint density at radius 2 is 1.81 bits per heavy atom. The van der Waals surface area contributed by atoms with Gasteiger partial charge in [-0.25, -0.2) is 0 Å². The Morgan fingerprint density at radius 3 is 2.48 bits per heavy atom. The standard InChI is InChI=1S/C29H35N3O9S/c1-10-6-13-7-15-28(36)32-16-8-40-29(37)14(30)9-42-27(21(32)20(31-15)17(13)22(34)24(10)38-4)19-18(16)23(35)26(39-5)11(2)25(19)41-12(3)33/h6,14-16,20-21,27-28,31,34-36H,7-9,30H2,1-5H3. The molecule has 6 N–H and O–H groups in total. The van der Waals surface area contributed by atoms with Crippen LogP contribution in [0.2, 0.25) is 0 Å². The van der Waals surface area contributed by atoms with Gasteiger partial charge in [0.1, 0.15) is 24.6 Å². The normalized spacial score (nSPS) is 30.0. The average molecular weight is 602 g/mol. The number of thioether (sulfide) groups is 1. The third kappa shape index (κ3) is 4.13. The molecular weight excluding hydrogens is 566 g/mol. The van der Waals surface area contributed by atoms with Crippen molar-refractivity contribution in [3.05, 3.63) is 39.4 Å². The van der Waals surface area contributed by atoms with Crippen LogP contribution in [0.15, 0.2) is 6.07 Å². The molecule has 7 unspecified atom stereocenters. The molecule has 4 aliphatic heterocycles. The van der Waals surface area contributed by atoms with Crippen molar-refractivity contribution < 1.29 is 43.9 Å². The van der Waals surface area contributed by atoms with Crippen molar-refractivity contribution in [3.8, 4) is 28.7 Å². The fraction of sp³-hybridized carbons (Fsp3) is 0.517. The number of benzene rings is 2. The van der Waals surface area contributed by atoms with Gasteiger partial charge in [-0.1, -0.05) is 6.07 Å². The average Bonchev–Trinajstić information content (AvgIpc) is 2.94. The number of hydrogen-bond donors (Lipinski definition) is 5. The Labute approximate surface area is 247 Å². The molecule has 12 nitrogen and oxygen atoms in total. The lowest BCUT2D eigenvalue weighted by atomic mass is 9.74. The summed E-state index contributed by atoms with van der Waals surface area (Å²) in [5.74, 6) is -0.486. The molecule has 4 heterocycles. The number of esters is 2. The second-order valence-corrected chi connectivity index (χ2v) is 12.4. The topological polar surface area (TPSA) is 173 Å². The molecule has 13 heteroatoms. The van der Waals surface area contributed by atoms with Gasteiger partial charge in [0.15, 0.2) is 23.0 Å². The summed E-state index contributed by atoms with van der Waals surface area (Å²) in [5, 5.41) is 38.0. The van der Waals surface area contributed by atoms with Crippen molar-refractivity contribution in [1.29, 1.82) is 0 Å². The number of aliphatic hydroxyl groups is 1. The number of rotatable bonds is 3. The SMILES string of the molecule is COc1c(C)cc2c(c1O)C1NC(C2)C(O)N2C3COC(=O)C(N)CSC(c4c(OC(C)=O)c(C)c(OC)c(O)c43)C12. The highest BCUT2D eigenvalue weighted by atomic mass is 32.2. The number of carbonyl (C=O) groups is 2. The van der Waals surface area contributed by atoms with E-state index in [0.29, 0.717) is 34.4 Å². The van der Waals surface area contributed by atoms with Gasteiger partial charge in [-0.3, -0.25) is 14.5 Å². The summed E-state index contributed by atoms with van der Waals surface area (Å²) in [7, 11) is 2.90. The van der Waals surface area contributed by atoms with Gasteiger partial charge in [-0.05, 0) is 31.4 Å². The van der Waals surface area contributed by atoms with Crippen LogP contribution in [0, 0.1) is 13.8 Å². The number of methoxy groups -OCH3 is 2. The Balaban J connectivity index is 1.67. The maximum atomic E-state index is 12.8. The summed E-state index contributed by atoms with van der Waals surface area (Å²) in [6, 6.07) is -1.35. The first-order valence-corrected chi connectivity index (χ1v) is 14.8. The van der Waals surface area contributed by atoms with E-state index in [4.69, 9.17) is 24.7 Å². The molecule has 2 aromatic carbocycles. The van der Waals surface area contributed by atoms with Gasteiger partial charge in [0, 0.05) is 41.0 Å². The van der Waals surface area contributed by atoms with E-state index in [0.717, 1.165) is 11.1 Å². The molecule has 2 fully saturated rings. The summed E-state index contributed by atoms with van der Waals surface area (Å²) in [6.07, 6.45) is -0.653. The number of phenolic OH excluding ortho intramolecular Hbond substituents is 2. The highest BCUT2D eigenvalue weighted by molar-refractivity contribution is 7.99. The molecule has 4 bridgehead atoms. The lowest BCUT2D eigenvalue weighted by Gasteiger charge is -2.59. The zero-order valence-electron chi connectivity index (χ0n) is 24.0. The summed E-state index contributed by atoms with van der Waals surface area (Å²) >= 11 is 1.34. The van der Waals surface area contributed by atoms with E-state index in [1.165, 1.54) is 32.9 Å². The van der Waals surface area contributed by atoms with Crippen molar-refractivity contribution in [2.45, 2.75) is 68.9 Å². The number of phenols is 2. The van der Waals surface area contributed by atoms with Gasteiger partial charge in [0.2, 0.25) is 0 Å². The number of nitrogens with one attached hydrogen (secondary N) is 1. The molecule has 0 spiro atoms. The van der Waals surface area contributed by atoms with E-state index in [1.54, 1.807) is 6.92 Å². The van der Waals surface area contributed by atoms with Crippen molar-refractivity contribution in [1.82, 2.24) is 10.2 Å². The molecule has 226 valence electrons. The summed E-state index contributed by atoms with van der Waals surface area (Å²) in [6.45, 7) is 4.61. The number of nitrogens with zero attached hydrogens (tertiary/aromatic N) is 1. The van der Waals surface area contributed by atoms with Crippen LogP contribution in [0.4, 0.5) is 0 Å². The number of aliphatic hydroxyl groups excluding tert-OH is 1. The number of aromatic hydroxyl groups is 2. The molecule has 2 aromatic rings. The van der Waals surface area contributed by atoms with Gasteiger partial charge in [0.05, 0.1) is 37.6 Å². The Kier molecular flexibility index (Phi) is 7.21. The molecule has 2 saturated heterocycles. The molecule has 42 heavy (non-hydrogen) atoms. The predicted molar refractivity (Wildman–Crippen MR) is 152 cm³/mol. The van der Waals surface area contributed by atoms with E-state index in [9.17, 15) is 24.9 Å². The third-order valence-electron chi connectivity index (χ3n) is 8.83. The maximum Gasteiger partial charge on any atom is 0.323 e. The molecule has 7 atom stereocenters. The van der Waals surface area contributed by atoms with Crippen LogP contribution in [-0.4, -0.2) is 83.1 Å². The minimum atomic E-state index is -1.07. The number of carbonyl (C=O) groups excluding carboxylic acids is 2. The Hall–Kier alpha value is -3.23. The van der Waals surface area contributed by atoms with Crippen molar-refractivity contribution in [3.63, 3.8) is 0 Å². The third-order valence-corrected chi connectivity index (χ3v) is 10.3. The summed E-state index contributed by atoms with van der Waals surface area (Å²) in [5.41, 5.74) is 9.80. The van der Waals surface area contributed by atoms with E-state index in [2.05, 4.69) is 5.32 Å². The van der Waals surface area contributed by atoms with E-state index in [-0.39, 0.29) is 35.4 Å². The number of aryl methyl sites for hydroxylation is 1. The van der Waals surface area contributed by atoms with Crippen molar-refractivity contribution in [2.24, 2.45) is 5.73 Å². The number of fused-ring (bicyclic) bond motifs is 7. The minimum Gasteiger partial charge on any atom is -0.504 e. The van der Waals surface area contributed by atoms with Gasteiger partial charge in [-0.15, -0.1) is 11.8 Å². The minimum absolute atomic E-state index is 0.00933. The van der Waals surface area contributed by atoms with Gasteiger partial charge in [0.25, 0.3) is 0 Å². The van der Waals surface area contributed by atoms with E-state index < -0.39 is 53.6 Å². The van der Waals surface area contributed by atoms with Gasteiger partial charge < -0.3 is 45.3 Å². The molecule has 0 radical (unpaired) electrons. The predicted octanol–water partition coefficient (Wildman–Crippen LogP) is 1.63. The highest BCUT2D eigenvalue weighted by Gasteiger charge is 2.58. The van der Waals surface area contributed by atoms with Crippen molar-refractivity contribution in [2.75, 3.05) is 26.6 Å². The van der Waals surface area contributed by atoms with Gasteiger partial charge >= 0.3 is 11.9 Å². The fourth-order valence-corrected chi connectivity index (χ4v) is 8.65. The second-order valence-electron chi connectivity index (χ2n) is 11.2. The lowest BCUT2D eigenvalue weighted by molar-refractivity contribution is -0.159. The molecular formula is C29H35N3O9S. The largest absolute Gasteiger partial charge is 0.504 e. The molecule has 0 aromatic heterocycles. The van der Waals surface area contributed by atoms with Crippen LogP contribution in [0.3, 0.4) is 0 Å². The molecule has 0 amide bonds. The first-order chi connectivity index (χ1) is 20.0. The second kappa shape index (κ2) is 10.5. The number of ether oxygens (including phenoxy) is 4. The fourth-order valence-electron chi connectivity index (χ4n) is 7.20. The number of nitrogens with two attached hydrogens (primary N) is 1. The van der Waals surface area contributed by atoms with Crippen LogP contribution in [-0.2, 0) is 20.7 Å². The number of piperazine rings is 1. The van der Waals surface area contributed by atoms with Gasteiger partial charge in [-0.2, -0.15) is 0 Å². The quantitative estimate of drug-likeness (QED) is 0.254. The van der Waals surface area contributed by atoms with Crippen LogP contribution in [0.25, 0.3) is 0 Å². The number of cyclic esters (lactones) is 1. The first kappa shape index (κ1) is 28.9. The van der Waals surface area contributed by atoms with Crippen molar-refractivity contribution >= 4 is 23.7 Å². The zero-order valence-corrected chi connectivity index (χ0v) is 24.8. The summed E-state index contributed by atoms with van der Waals surface area (Å²) in [4.78, 5) is 27.0. The summed E-state index contributed by atoms with van der Waals surface area (Å²) < 4.78 is 22.6. The molecule has 0 saturated carbocycles. The Bertz CT molecular complexity index is 1480. The zero-order chi connectivity index (χ0) is 30.2. The van der Waals surface area contributed by atoms with Crippen LogP contribution in [0.5, 0.6) is 28.7 Å². The number of hydrogen-bond acceptors (Lipinski definition) is 13. The monoisotopic (exact) mass is 601 g/mol. The van der Waals surface area contributed by atoms with E-state index >= 15 is 0 Å². The maximum absolute atomic E-state index is 12.8. The highest BCUT2D eigenvalue weighted by Crippen LogP contribution is 2.61. The van der Waals surface area contributed by atoms with E-state index in [1.807, 2.05) is 17.9 Å². The Morgan fingerprint density at radius 1 is 1.12 bits per heavy atom. The van der Waals surface area contributed by atoms with Crippen LogP contribution < -0.4 is 25.3 Å². The molecule has 6 rings (SSSR count). The first-order valence-electron chi connectivity index (χ1n) is 13.8. The lowest BCUT2D eigenvalue weighted by Crippen LogP contribution is -2.69. The molecule has 0 aliphatic carbocycles. The van der Waals surface area contributed by atoms with Crippen LogP contribution in [0.1, 0.15) is 57.6 Å². The smallest absolute Gasteiger partial charge is 0.323 e. The van der Waals surface area contributed by atoms with Crippen LogP contribution >= 0.6 is 11.8 Å².